The molecule has 5 nitrogen and oxygen atoms in total. The van der Waals surface area contributed by atoms with E-state index >= 15 is 0 Å². The zero-order chi connectivity index (χ0) is 18.7. The summed E-state index contributed by atoms with van der Waals surface area (Å²) in [7, 11) is 0. The Hall–Kier alpha value is -2.80. The van der Waals surface area contributed by atoms with Gasteiger partial charge in [0.05, 0.1) is 16.8 Å². The van der Waals surface area contributed by atoms with Crippen LogP contribution in [0.25, 0.3) is 10.2 Å². The molecule has 134 valence electrons. The Balaban J connectivity index is 2.10. The van der Waals surface area contributed by atoms with E-state index in [2.05, 4.69) is 4.99 Å². The van der Waals surface area contributed by atoms with Gasteiger partial charge in [-0.3, -0.25) is 9.59 Å². The maximum absolute atomic E-state index is 13.7. The van der Waals surface area contributed by atoms with Gasteiger partial charge in [-0.2, -0.15) is 4.99 Å². The summed E-state index contributed by atoms with van der Waals surface area (Å²) < 4.78 is 20.9. The van der Waals surface area contributed by atoms with Gasteiger partial charge in [0.15, 0.2) is 4.80 Å². The Morgan fingerprint density at radius 2 is 1.92 bits per heavy atom. The summed E-state index contributed by atoms with van der Waals surface area (Å²) in [6.07, 6.45) is 0. The third-order valence-corrected chi connectivity index (χ3v) is 4.79. The van der Waals surface area contributed by atoms with E-state index in [1.807, 2.05) is 19.1 Å². The highest BCUT2D eigenvalue weighted by molar-refractivity contribution is 7.16. The van der Waals surface area contributed by atoms with Gasteiger partial charge in [0.1, 0.15) is 12.4 Å². The smallest absolute Gasteiger partial charge is 0.326 e. The maximum atomic E-state index is 13.7. The lowest BCUT2D eigenvalue weighted by molar-refractivity contribution is -0.143. The SMILES string of the molecule is CCOC(=O)Cn1c(=NC(=O)c2ccc(C)cc2)sc2ccc(F)cc21. The lowest BCUT2D eigenvalue weighted by atomic mass is 10.1. The topological polar surface area (TPSA) is 60.7 Å². The van der Waals surface area contributed by atoms with Crippen molar-refractivity contribution in [2.24, 2.45) is 4.99 Å². The highest BCUT2D eigenvalue weighted by atomic mass is 32.1. The van der Waals surface area contributed by atoms with Gasteiger partial charge in [-0.15, -0.1) is 0 Å². The van der Waals surface area contributed by atoms with Crippen LogP contribution in [0.1, 0.15) is 22.8 Å². The van der Waals surface area contributed by atoms with E-state index in [-0.39, 0.29) is 13.2 Å². The van der Waals surface area contributed by atoms with E-state index in [0.717, 1.165) is 10.3 Å². The molecule has 1 aromatic heterocycles. The number of hydrogen-bond acceptors (Lipinski definition) is 4. The number of esters is 1. The Morgan fingerprint density at radius 1 is 1.19 bits per heavy atom. The fraction of sp³-hybridized carbons (Fsp3) is 0.211. The first kappa shape index (κ1) is 18.0. The highest BCUT2D eigenvalue weighted by Crippen LogP contribution is 2.19. The molecule has 0 radical (unpaired) electrons. The number of hydrogen-bond donors (Lipinski definition) is 0. The van der Waals surface area contributed by atoms with Crippen LogP contribution in [-0.2, 0) is 16.1 Å². The standard InChI is InChI=1S/C19H17FN2O3S/c1-3-25-17(23)11-22-15-10-14(20)8-9-16(15)26-19(22)21-18(24)13-6-4-12(2)5-7-13/h4-10H,3,11H2,1-2H3. The highest BCUT2D eigenvalue weighted by Gasteiger charge is 2.13. The molecule has 7 heteroatoms. The molecule has 0 fully saturated rings. The first-order valence-electron chi connectivity index (χ1n) is 8.08. The van der Waals surface area contributed by atoms with Crippen LogP contribution in [0, 0.1) is 12.7 Å². The van der Waals surface area contributed by atoms with Gasteiger partial charge < -0.3 is 9.30 Å². The molecule has 3 rings (SSSR count). The summed E-state index contributed by atoms with van der Waals surface area (Å²) in [4.78, 5) is 28.9. The molecule has 1 heterocycles. The van der Waals surface area contributed by atoms with Gasteiger partial charge in [-0.05, 0) is 44.2 Å². The Bertz CT molecular complexity index is 1040. The molecular weight excluding hydrogens is 355 g/mol. The van der Waals surface area contributed by atoms with Gasteiger partial charge in [-0.1, -0.05) is 29.0 Å². The molecule has 0 aliphatic rings. The van der Waals surface area contributed by atoms with Gasteiger partial charge in [0.2, 0.25) is 0 Å². The van der Waals surface area contributed by atoms with E-state index in [0.29, 0.717) is 15.9 Å². The summed E-state index contributed by atoms with van der Waals surface area (Å²) in [6, 6.07) is 11.3. The van der Waals surface area contributed by atoms with E-state index in [1.165, 1.54) is 28.0 Å². The molecule has 0 bridgehead atoms. The van der Waals surface area contributed by atoms with Crippen LogP contribution in [0.5, 0.6) is 0 Å². The van der Waals surface area contributed by atoms with Crippen molar-refractivity contribution in [3.05, 3.63) is 64.2 Å². The number of aryl methyl sites for hydroxylation is 1. The van der Waals surface area contributed by atoms with Crippen molar-refractivity contribution < 1.29 is 18.7 Å². The number of amides is 1. The summed E-state index contributed by atoms with van der Waals surface area (Å²) in [5, 5.41) is 0. The van der Waals surface area contributed by atoms with Crippen molar-refractivity contribution in [1.29, 1.82) is 0 Å². The summed E-state index contributed by atoms with van der Waals surface area (Å²) >= 11 is 1.22. The minimum atomic E-state index is -0.472. The number of nitrogens with zero attached hydrogens (tertiary/aromatic N) is 2. The van der Waals surface area contributed by atoms with E-state index in [4.69, 9.17) is 4.74 Å². The first-order chi connectivity index (χ1) is 12.5. The van der Waals surface area contributed by atoms with Crippen molar-refractivity contribution in [2.75, 3.05) is 6.61 Å². The van der Waals surface area contributed by atoms with Crippen LogP contribution in [0.4, 0.5) is 4.39 Å². The van der Waals surface area contributed by atoms with Crippen LogP contribution < -0.4 is 4.80 Å². The molecule has 0 unspecified atom stereocenters. The van der Waals surface area contributed by atoms with E-state index in [9.17, 15) is 14.0 Å². The normalized spacial score (nSPS) is 11.7. The van der Waals surface area contributed by atoms with Crippen LogP contribution >= 0.6 is 11.3 Å². The molecular formula is C19H17FN2O3S. The number of benzene rings is 2. The van der Waals surface area contributed by atoms with Crippen LogP contribution in [0.3, 0.4) is 0 Å². The van der Waals surface area contributed by atoms with Crippen molar-refractivity contribution in [3.63, 3.8) is 0 Å². The van der Waals surface area contributed by atoms with Gasteiger partial charge in [-0.25, -0.2) is 4.39 Å². The fourth-order valence-electron chi connectivity index (χ4n) is 2.46. The molecule has 26 heavy (non-hydrogen) atoms. The number of aromatic nitrogens is 1. The minimum Gasteiger partial charge on any atom is -0.465 e. The second kappa shape index (κ2) is 7.61. The number of fused-ring (bicyclic) bond motifs is 1. The van der Waals surface area contributed by atoms with Gasteiger partial charge in [0.25, 0.3) is 5.91 Å². The lowest BCUT2D eigenvalue weighted by Crippen LogP contribution is -2.23. The van der Waals surface area contributed by atoms with Crippen LogP contribution in [-0.4, -0.2) is 23.1 Å². The second-order valence-corrected chi connectivity index (χ2v) is 6.68. The third kappa shape index (κ3) is 3.88. The molecule has 0 aliphatic carbocycles. The molecule has 3 aromatic rings. The average molecular weight is 372 g/mol. The molecule has 0 saturated carbocycles. The van der Waals surface area contributed by atoms with Gasteiger partial charge >= 0.3 is 5.97 Å². The Kier molecular flexibility index (Phi) is 5.27. The predicted octanol–water partition coefficient (Wildman–Crippen LogP) is 3.45. The molecule has 0 saturated heterocycles. The molecule has 0 spiro atoms. The number of carbonyl (C=O) groups is 2. The zero-order valence-corrected chi connectivity index (χ0v) is 15.2. The molecule has 0 N–H and O–H groups in total. The molecule has 1 amide bonds. The van der Waals surface area contributed by atoms with Crippen LogP contribution in [0.15, 0.2) is 47.5 Å². The third-order valence-electron chi connectivity index (χ3n) is 3.73. The Labute approximate surface area is 153 Å². The monoisotopic (exact) mass is 372 g/mol. The quantitative estimate of drug-likeness (QED) is 0.659. The minimum absolute atomic E-state index is 0.142. The van der Waals surface area contributed by atoms with Crippen molar-refractivity contribution in [3.8, 4) is 0 Å². The first-order valence-corrected chi connectivity index (χ1v) is 8.90. The summed E-state index contributed by atoms with van der Waals surface area (Å²) in [5.74, 6) is -1.32. The van der Waals surface area contributed by atoms with E-state index < -0.39 is 17.7 Å². The summed E-state index contributed by atoms with van der Waals surface area (Å²) in [5.41, 5.74) is 1.98. The number of ether oxygens (including phenoxy) is 1. The molecule has 2 aromatic carbocycles. The summed E-state index contributed by atoms with van der Waals surface area (Å²) in [6.45, 7) is 3.74. The fourth-order valence-corrected chi connectivity index (χ4v) is 3.47. The average Bonchev–Trinajstić information content (AvgIpc) is 2.92. The lowest BCUT2D eigenvalue weighted by Gasteiger charge is -2.05. The molecule has 0 atom stereocenters. The predicted molar refractivity (Wildman–Crippen MR) is 97.5 cm³/mol. The van der Waals surface area contributed by atoms with Crippen molar-refractivity contribution in [1.82, 2.24) is 4.57 Å². The van der Waals surface area contributed by atoms with Crippen molar-refractivity contribution >= 4 is 33.4 Å². The number of thiazole rings is 1. The molecule has 0 aliphatic heterocycles. The Morgan fingerprint density at radius 3 is 2.62 bits per heavy atom. The van der Waals surface area contributed by atoms with Gasteiger partial charge in [0, 0.05) is 5.56 Å². The van der Waals surface area contributed by atoms with E-state index in [1.54, 1.807) is 25.1 Å². The number of rotatable bonds is 4. The van der Waals surface area contributed by atoms with Crippen molar-refractivity contribution in [2.45, 2.75) is 20.4 Å². The van der Waals surface area contributed by atoms with Crippen LogP contribution in [0.2, 0.25) is 0 Å². The largest absolute Gasteiger partial charge is 0.465 e. The second-order valence-electron chi connectivity index (χ2n) is 5.67. The number of carbonyl (C=O) groups excluding carboxylic acids is 2. The maximum Gasteiger partial charge on any atom is 0.326 e. The number of halogens is 1. The zero-order valence-electron chi connectivity index (χ0n) is 14.4.